The van der Waals surface area contributed by atoms with E-state index in [2.05, 4.69) is 82.3 Å². The number of hydrogen-bond donors (Lipinski definition) is 1. The van der Waals surface area contributed by atoms with Crippen LogP contribution in [0.25, 0.3) is 0 Å². The first-order valence-electron chi connectivity index (χ1n) is 14.3. The molecule has 0 spiro atoms. The number of allylic oxidation sites excluding steroid dienone is 9. The van der Waals surface area contributed by atoms with Crippen LogP contribution in [-0.4, -0.2) is 16.7 Å². The first kappa shape index (κ1) is 30.4. The zero-order valence-electron chi connectivity index (χ0n) is 24.9. The van der Waals surface area contributed by atoms with Gasteiger partial charge in [0, 0.05) is 6.08 Å². The van der Waals surface area contributed by atoms with Crippen LogP contribution in [0.2, 0.25) is 0 Å². The Bertz CT molecular complexity index is 1390. The molecule has 0 amide bonds. The minimum Gasteiger partial charge on any atom is -0.393 e. The van der Waals surface area contributed by atoms with E-state index < -0.39 is 7.26 Å². The lowest BCUT2D eigenvalue weighted by Crippen LogP contribution is -2.35. The summed E-state index contributed by atoms with van der Waals surface area (Å²) in [5, 5.41) is 13.3. The van der Waals surface area contributed by atoms with Crippen LogP contribution in [0.5, 0.6) is 0 Å². The van der Waals surface area contributed by atoms with E-state index in [9.17, 15) is 9.90 Å². The number of carbonyl (C=O) groups excluding carboxylic acids is 1. The van der Waals surface area contributed by atoms with Crippen molar-refractivity contribution in [2.45, 2.75) is 53.6 Å². The van der Waals surface area contributed by atoms with E-state index in [0.717, 1.165) is 39.9 Å². The second-order valence-electron chi connectivity index (χ2n) is 11.6. The first-order valence-corrected chi connectivity index (χ1v) is 16.1. The summed E-state index contributed by atoms with van der Waals surface area (Å²) in [7, 11) is -2.60. The smallest absolute Gasteiger partial charge is 0.306 e. The molecular formula is C38H42O2P+. The average molecular weight is 562 g/mol. The van der Waals surface area contributed by atoms with Gasteiger partial charge in [-0.1, -0.05) is 110 Å². The highest BCUT2D eigenvalue weighted by Gasteiger charge is 2.52. The molecule has 0 radical (unpaired) electrons. The molecule has 4 rings (SSSR count). The maximum absolute atomic E-state index is 14.5. The Labute approximate surface area is 246 Å². The highest BCUT2D eigenvalue weighted by molar-refractivity contribution is 8.08. The summed E-state index contributed by atoms with van der Waals surface area (Å²) in [5.41, 5.74) is 4.70. The summed E-state index contributed by atoms with van der Waals surface area (Å²) in [4.78, 5) is 14.5. The first-order chi connectivity index (χ1) is 19.6. The molecule has 1 aliphatic rings. The van der Waals surface area contributed by atoms with E-state index in [1.807, 2.05) is 79.7 Å². The summed E-state index contributed by atoms with van der Waals surface area (Å²) >= 11 is 0. The highest BCUT2D eigenvalue weighted by atomic mass is 31.2. The van der Waals surface area contributed by atoms with E-state index in [-0.39, 0.29) is 17.0 Å². The molecule has 3 aromatic carbocycles. The Morgan fingerprint density at radius 3 is 1.76 bits per heavy atom. The molecule has 0 bridgehead atoms. The molecule has 1 aliphatic carbocycles. The van der Waals surface area contributed by atoms with Crippen LogP contribution in [0.3, 0.4) is 0 Å². The van der Waals surface area contributed by atoms with Crippen molar-refractivity contribution in [2.75, 3.05) is 0 Å². The average Bonchev–Trinajstić information content (AvgIpc) is 2.94. The van der Waals surface area contributed by atoms with Gasteiger partial charge in [0.25, 0.3) is 0 Å². The van der Waals surface area contributed by atoms with E-state index in [4.69, 9.17) is 0 Å². The molecule has 210 valence electrons. The summed E-state index contributed by atoms with van der Waals surface area (Å²) in [6.45, 7) is 10.6. The summed E-state index contributed by atoms with van der Waals surface area (Å²) in [5.74, 6) is 0. The molecule has 2 nitrogen and oxygen atoms in total. The molecule has 3 heteroatoms. The van der Waals surface area contributed by atoms with Crippen LogP contribution >= 0.6 is 7.26 Å². The lowest BCUT2D eigenvalue weighted by atomic mass is 9.71. The third kappa shape index (κ3) is 7.02. The second-order valence-corrected chi connectivity index (χ2v) is 15.0. The molecule has 0 saturated heterocycles. The molecule has 0 aromatic heterocycles. The van der Waals surface area contributed by atoms with Gasteiger partial charge in [0.15, 0.2) is 7.26 Å². The SMILES string of the molecule is CC1=C(/C=C/C(C)=C/C=C/C(C)=C/C(=O)[P+](c2ccccc2)(c2ccccc2)c2ccccc2)C(C)(C)CC(O)C1. The minimum atomic E-state index is -2.60. The van der Waals surface area contributed by atoms with Crippen molar-refractivity contribution >= 4 is 28.7 Å². The predicted octanol–water partition coefficient (Wildman–Crippen LogP) is 8.01. The normalized spacial score (nSPS) is 18.3. The molecule has 0 saturated carbocycles. The van der Waals surface area contributed by atoms with E-state index in [1.165, 1.54) is 11.1 Å². The number of aliphatic hydroxyl groups excluding tert-OH is 1. The minimum absolute atomic E-state index is 0.0417. The fourth-order valence-corrected chi connectivity index (χ4v) is 9.84. The van der Waals surface area contributed by atoms with Gasteiger partial charge in [0.05, 0.1) is 6.10 Å². The van der Waals surface area contributed by atoms with Crippen molar-refractivity contribution in [3.8, 4) is 0 Å². The molecule has 1 N–H and O–H groups in total. The maximum Gasteiger partial charge on any atom is 0.306 e. The monoisotopic (exact) mass is 561 g/mol. The predicted molar refractivity (Wildman–Crippen MR) is 178 cm³/mol. The number of carbonyl (C=O) groups is 1. The van der Waals surface area contributed by atoms with Crippen molar-refractivity contribution in [1.82, 2.24) is 0 Å². The Balaban J connectivity index is 1.65. The third-order valence-electron chi connectivity index (χ3n) is 7.82. The van der Waals surface area contributed by atoms with Crippen molar-refractivity contribution in [2.24, 2.45) is 5.41 Å². The lowest BCUT2D eigenvalue weighted by Gasteiger charge is -2.35. The van der Waals surface area contributed by atoms with Gasteiger partial charge in [-0.15, -0.1) is 0 Å². The molecule has 0 aliphatic heterocycles. The Morgan fingerprint density at radius 2 is 1.29 bits per heavy atom. The van der Waals surface area contributed by atoms with Crippen molar-refractivity contribution in [1.29, 1.82) is 0 Å². The van der Waals surface area contributed by atoms with Crippen molar-refractivity contribution < 1.29 is 9.90 Å². The van der Waals surface area contributed by atoms with Gasteiger partial charge in [-0.05, 0) is 86.6 Å². The summed E-state index contributed by atoms with van der Waals surface area (Å²) in [6.07, 6.45) is 13.5. The van der Waals surface area contributed by atoms with Gasteiger partial charge in [0.2, 0.25) is 0 Å². The fourth-order valence-electron chi connectivity index (χ4n) is 5.93. The van der Waals surface area contributed by atoms with Crippen LogP contribution in [0.15, 0.2) is 150 Å². The van der Waals surface area contributed by atoms with Crippen LogP contribution < -0.4 is 15.9 Å². The molecule has 0 fully saturated rings. The van der Waals surface area contributed by atoms with Crippen molar-refractivity contribution in [3.63, 3.8) is 0 Å². The van der Waals surface area contributed by atoms with Crippen LogP contribution in [0.1, 0.15) is 47.5 Å². The number of benzene rings is 3. The molecular weight excluding hydrogens is 519 g/mol. The number of hydrogen-bond acceptors (Lipinski definition) is 2. The highest BCUT2D eigenvalue weighted by Crippen LogP contribution is 2.56. The third-order valence-corrected chi connectivity index (χ3v) is 11.8. The zero-order chi connectivity index (χ0) is 29.5. The Hall–Kier alpha value is -3.58. The quantitative estimate of drug-likeness (QED) is 0.163. The zero-order valence-corrected chi connectivity index (χ0v) is 25.8. The van der Waals surface area contributed by atoms with Gasteiger partial charge >= 0.3 is 5.52 Å². The molecule has 3 aromatic rings. The molecule has 0 heterocycles. The lowest BCUT2D eigenvalue weighted by molar-refractivity contribution is -0.107. The molecule has 1 unspecified atom stereocenters. The van der Waals surface area contributed by atoms with E-state index >= 15 is 0 Å². The van der Waals surface area contributed by atoms with Gasteiger partial charge < -0.3 is 5.11 Å². The van der Waals surface area contributed by atoms with Gasteiger partial charge in [-0.25, -0.2) is 4.79 Å². The summed E-state index contributed by atoms with van der Waals surface area (Å²) in [6, 6.07) is 30.7. The molecule has 41 heavy (non-hydrogen) atoms. The Morgan fingerprint density at radius 1 is 0.805 bits per heavy atom. The van der Waals surface area contributed by atoms with Crippen LogP contribution in [-0.2, 0) is 4.79 Å². The maximum atomic E-state index is 14.5. The van der Waals surface area contributed by atoms with Crippen molar-refractivity contribution in [3.05, 3.63) is 150 Å². The summed E-state index contributed by atoms with van der Waals surface area (Å²) < 4.78 is 0. The topological polar surface area (TPSA) is 37.3 Å². The van der Waals surface area contributed by atoms with Crippen LogP contribution in [0.4, 0.5) is 0 Å². The van der Waals surface area contributed by atoms with Gasteiger partial charge in [0.1, 0.15) is 15.9 Å². The van der Waals surface area contributed by atoms with Crippen LogP contribution in [0, 0.1) is 5.41 Å². The fraction of sp³-hybridized carbons (Fsp3) is 0.237. The second kappa shape index (κ2) is 13.4. The van der Waals surface area contributed by atoms with E-state index in [0.29, 0.717) is 0 Å². The number of aliphatic hydroxyl groups is 1. The molecule has 1 atom stereocenters. The number of rotatable bonds is 9. The van der Waals surface area contributed by atoms with Gasteiger partial charge in [-0.2, -0.15) is 0 Å². The Kier molecular flexibility index (Phi) is 9.92. The van der Waals surface area contributed by atoms with E-state index in [1.54, 1.807) is 0 Å². The largest absolute Gasteiger partial charge is 0.393 e. The van der Waals surface area contributed by atoms with Gasteiger partial charge in [-0.3, -0.25) is 0 Å². The standard InChI is InChI=1S/C38H42O2P/c1-29(24-25-36-31(3)27-32(39)28-38(36,4)5)16-15-17-30(2)26-37(40)41(33-18-9-6-10-19-33,34-20-11-7-12-21-34)35-22-13-8-14-23-35/h6-26,32,39H,27-28H2,1-5H3/q+1/b17-15+,25-24+,29-16+,30-26+.